The maximum absolute atomic E-state index is 2.78. The number of fused-ring (bicyclic) bond motifs is 4. The van der Waals surface area contributed by atoms with Crippen molar-refractivity contribution in [2.45, 2.75) is 295 Å². The molecule has 0 aliphatic rings. The number of rotatable bonds is 10. The monoisotopic (exact) mass is 1410 g/mol. The first-order valence-electron chi connectivity index (χ1n) is 38.5. The summed E-state index contributed by atoms with van der Waals surface area (Å²) in [7, 11) is -5.79. The minimum Gasteiger partial charge on any atom is -0.309 e. The summed E-state index contributed by atoms with van der Waals surface area (Å²) in [5.41, 5.74) is 20.6. The molecule has 0 N–H and O–H groups in total. The van der Waals surface area contributed by atoms with E-state index in [2.05, 4.69) is 401 Å². The maximum Gasteiger partial charge on any atom is 0.0777 e. The van der Waals surface area contributed by atoms with Crippen LogP contribution in [-0.4, -0.2) is 24.2 Å². The summed E-state index contributed by atoms with van der Waals surface area (Å²) in [5, 5.41) is 14.5. The fourth-order valence-electron chi connectivity index (χ4n) is 14.5. The molecule has 0 unspecified atom stereocenters. The fourth-order valence-corrected chi connectivity index (χ4v) is 18.2. The SMILES string of the molecule is CC(C)(C)c1cc(N(c2cc(C(C)(C)C)cc([Si](C)(C)C)c2)c2c3ccc(C(C)(C)C)cc3c(-c3c4cc(C(C)(C)C)ccc4c(N(c4cc(C(C)(C)C)cc(C(C)(C)C)c4)c4cc([Si](C)(C)C)cc([Si](C)(C)C)c4)c4cc(C(C)(C)C)ccc34)c3ccc(C(C)(C)C)cc23)cc(C(C)(C)C)c1. The van der Waals surface area contributed by atoms with Gasteiger partial charge in [0, 0.05) is 44.3 Å². The van der Waals surface area contributed by atoms with Crippen molar-refractivity contribution in [1.29, 1.82) is 0 Å². The molecule has 0 saturated heterocycles. The molecule has 542 valence electrons. The Morgan fingerprint density at radius 2 is 0.392 bits per heavy atom. The van der Waals surface area contributed by atoms with E-state index in [9.17, 15) is 0 Å². The van der Waals surface area contributed by atoms with Crippen LogP contribution in [0.1, 0.15) is 237 Å². The molecule has 102 heavy (non-hydrogen) atoms. The van der Waals surface area contributed by atoms with E-state index in [1.165, 1.54) is 154 Å². The van der Waals surface area contributed by atoms with E-state index in [0.29, 0.717) is 0 Å². The molecule has 0 bridgehead atoms. The zero-order valence-electron chi connectivity index (χ0n) is 70.8. The lowest BCUT2D eigenvalue weighted by Gasteiger charge is -2.36. The average Bonchev–Trinajstić information content (AvgIpc) is 0.698. The third kappa shape index (κ3) is 15.7. The van der Waals surface area contributed by atoms with Gasteiger partial charge in [0.25, 0.3) is 0 Å². The van der Waals surface area contributed by atoms with E-state index < -0.39 is 24.2 Å². The molecule has 0 fully saturated rings. The molecule has 0 heterocycles. The second kappa shape index (κ2) is 25.6. The first-order chi connectivity index (χ1) is 46.1. The minimum absolute atomic E-state index is 0.116. The van der Waals surface area contributed by atoms with Crippen molar-refractivity contribution in [3.05, 3.63) is 196 Å². The van der Waals surface area contributed by atoms with Gasteiger partial charge in [0.15, 0.2) is 0 Å². The van der Waals surface area contributed by atoms with Gasteiger partial charge in [-0.15, -0.1) is 0 Å². The Bertz CT molecular complexity index is 4310. The first-order valence-corrected chi connectivity index (χ1v) is 49.0. The number of anilines is 6. The van der Waals surface area contributed by atoms with Crippen LogP contribution in [0.25, 0.3) is 54.2 Å². The summed E-state index contributed by atoms with van der Waals surface area (Å²) >= 11 is 0. The normalized spacial score (nSPS) is 13.9. The van der Waals surface area contributed by atoms with Crippen molar-refractivity contribution in [2.24, 2.45) is 0 Å². The van der Waals surface area contributed by atoms with E-state index in [1.807, 2.05) is 0 Å². The van der Waals surface area contributed by atoms with Crippen molar-refractivity contribution < 1.29 is 0 Å². The lowest BCUT2D eigenvalue weighted by Crippen LogP contribution is -2.45. The third-order valence-corrected chi connectivity index (χ3v) is 28.0. The molecule has 10 aromatic rings. The van der Waals surface area contributed by atoms with Crippen molar-refractivity contribution >= 4 is 117 Å². The van der Waals surface area contributed by atoms with Crippen molar-refractivity contribution in [3.8, 4) is 11.1 Å². The van der Waals surface area contributed by atoms with Gasteiger partial charge in [0.05, 0.1) is 35.6 Å². The predicted molar refractivity (Wildman–Crippen MR) is 469 cm³/mol. The maximum atomic E-state index is 2.78. The molecule has 0 aliphatic carbocycles. The van der Waals surface area contributed by atoms with Gasteiger partial charge in [-0.2, -0.15) is 0 Å². The molecular weight excluding hydrogens is 1280 g/mol. The number of nitrogens with zero attached hydrogens (tertiary/aromatic N) is 2. The smallest absolute Gasteiger partial charge is 0.0777 e. The molecule has 0 saturated carbocycles. The second-order valence-corrected chi connectivity index (χ2v) is 58.5. The van der Waals surface area contributed by atoms with Gasteiger partial charge in [-0.1, -0.05) is 334 Å². The Balaban J connectivity index is 1.57. The van der Waals surface area contributed by atoms with Crippen LogP contribution in [0.4, 0.5) is 34.1 Å². The van der Waals surface area contributed by atoms with Gasteiger partial charge in [0.1, 0.15) is 0 Å². The van der Waals surface area contributed by atoms with Gasteiger partial charge < -0.3 is 9.80 Å². The van der Waals surface area contributed by atoms with Crippen LogP contribution >= 0.6 is 0 Å². The van der Waals surface area contributed by atoms with Gasteiger partial charge in [-0.25, -0.2) is 0 Å². The number of benzene rings is 10. The molecule has 10 rings (SSSR count). The molecule has 0 aromatic heterocycles. The van der Waals surface area contributed by atoms with Crippen LogP contribution in [-0.2, 0) is 48.7 Å². The summed E-state index contributed by atoms with van der Waals surface area (Å²) < 4.78 is 0. The largest absolute Gasteiger partial charge is 0.309 e. The summed E-state index contributed by atoms with van der Waals surface area (Å²) in [6.45, 7) is 87.7. The average molecular weight is 1410 g/mol. The summed E-state index contributed by atoms with van der Waals surface area (Å²) in [5.74, 6) is 0. The standard InChI is InChI=1S/C97H132N2Si3/c1-89(2,3)61-39-43-79-81(53-61)85(77-41-37-63(91(7,8)9)55-83(77)87(79)98(70-47-65(93(13,14)15)45-66(48-70)94(16,17)18)72-51-69(97(25,26)27)52-74(57-72)100(28,29)30)86-78-42-38-64(92(10,11)12)56-84(78)88(80-44-40-62(54-82(80)86)90(4,5)6)99(71-49-67(95(19,20)21)46-68(50-71)96(22,23)24)73-58-75(101(31,32)33)60-76(59-73)102(34,35)36/h37-60H,1-36H3. The van der Waals surface area contributed by atoms with Gasteiger partial charge in [-0.05, 0) is 204 Å². The highest BCUT2D eigenvalue weighted by Crippen LogP contribution is 2.57. The molecule has 0 atom stereocenters. The first kappa shape index (κ1) is 78.1. The highest BCUT2D eigenvalue weighted by molar-refractivity contribution is 6.91. The van der Waals surface area contributed by atoms with E-state index in [1.54, 1.807) is 0 Å². The van der Waals surface area contributed by atoms with Crippen molar-refractivity contribution in [3.63, 3.8) is 0 Å². The van der Waals surface area contributed by atoms with E-state index in [4.69, 9.17) is 0 Å². The van der Waals surface area contributed by atoms with Crippen molar-refractivity contribution in [1.82, 2.24) is 0 Å². The Hall–Kier alpha value is -6.51. The Labute approximate surface area is 624 Å². The molecule has 5 heteroatoms. The molecule has 0 spiro atoms. The fraction of sp³-hybridized carbons (Fsp3) is 0.464. The molecular formula is C97H132N2Si3. The van der Waals surface area contributed by atoms with Gasteiger partial charge in [0.2, 0.25) is 0 Å². The lowest BCUT2D eigenvalue weighted by atomic mass is 9.77. The zero-order valence-corrected chi connectivity index (χ0v) is 73.8. The Kier molecular flexibility index (Phi) is 19.6. The second-order valence-electron chi connectivity index (χ2n) is 43.2. The number of hydrogen-bond donors (Lipinski definition) is 0. The highest BCUT2D eigenvalue weighted by atomic mass is 28.3. The molecule has 0 amide bonds. The van der Waals surface area contributed by atoms with Crippen LogP contribution in [0.5, 0.6) is 0 Å². The van der Waals surface area contributed by atoms with Gasteiger partial charge >= 0.3 is 0 Å². The summed E-state index contributed by atoms with van der Waals surface area (Å²) in [6, 6.07) is 61.5. The molecule has 0 radical (unpaired) electrons. The topological polar surface area (TPSA) is 6.48 Å². The van der Waals surface area contributed by atoms with Crippen molar-refractivity contribution in [2.75, 3.05) is 9.80 Å². The lowest BCUT2D eigenvalue weighted by molar-refractivity contribution is 0.568. The zero-order chi connectivity index (χ0) is 76.3. The van der Waals surface area contributed by atoms with Crippen LogP contribution in [0, 0.1) is 0 Å². The van der Waals surface area contributed by atoms with E-state index >= 15 is 0 Å². The van der Waals surface area contributed by atoms with Crippen LogP contribution in [0.2, 0.25) is 58.9 Å². The molecule has 2 nitrogen and oxygen atoms in total. The minimum atomic E-state index is -1.94. The van der Waals surface area contributed by atoms with Crippen LogP contribution < -0.4 is 25.4 Å². The quantitative estimate of drug-likeness (QED) is 0.0995. The van der Waals surface area contributed by atoms with Crippen LogP contribution in [0.3, 0.4) is 0 Å². The molecule has 0 aliphatic heterocycles. The van der Waals surface area contributed by atoms with Crippen LogP contribution in [0.15, 0.2) is 146 Å². The van der Waals surface area contributed by atoms with E-state index in [-0.39, 0.29) is 48.7 Å². The number of hydrogen-bond acceptors (Lipinski definition) is 2. The Morgan fingerprint density at radius 3 is 0.637 bits per heavy atom. The summed E-state index contributed by atoms with van der Waals surface area (Å²) in [6.07, 6.45) is 0. The Morgan fingerprint density at radius 1 is 0.186 bits per heavy atom. The van der Waals surface area contributed by atoms with E-state index in [0.717, 1.165) is 0 Å². The predicted octanol–water partition coefficient (Wildman–Crippen LogP) is 28.2. The van der Waals surface area contributed by atoms with Gasteiger partial charge in [-0.3, -0.25) is 0 Å². The summed E-state index contributed by atoms with van der Waals surface area (Å²) in [4.78, 5) is 5.53. The third-order valence-electron chi connectivity index (χ3n) is 22.0. The molecule has 10 aromatic carbocycles. The highest BCUT2D eigenvalue weighted by Gasteiger charge is 2.36.